The molecule has 1 aliphatic heterocycles. The molecule has 3 aromatic rings. The van der Waals surface area contributed by atoms with Gasteiger partial charge in [0.1, 0.15) is 23.8 Å². The Kier molecular flexibility index (Phi) is 5.32. The van der Waals surface area contributed by atoms with Crippen LogP contribution in [0.5, 0.6) is 0 Å². The Hall–Kier alpha value is -2.45. The maximum absolute atomic E-state index is 13.7. The third kappa shape index (κ3) is 4.20. The number of pyridine rings is 1. The molecule has 0 aromatic carbocycles. The van der Waals surface area contributed by atoms with Crippen molar-refractivity contribution in [1.29, 1.82) is 0 Å². The van der Waals surface area contributed by atoms with E-state index in [1.165, 1.54) is 6.20 Å². The van der Waals surface area contributed by atoms with Gasteiger partial charge in [0.15, 0.2) is 0 Å². The van der Waals surface area contributed by atoms with Gasteiger partial charge < -0.3 is 20.2 Å². The van der Waals surface area contributed by atoms with Crippen molar-refractivity contribution in [1.82, 2.24) is 25.3 Å². The average Bonchev–Trinajstić information content (AvgIpc) is 3.10. The van der Waals surface area contributed by atoms with Crippen LogP contribution in [0.1, 0.15) is 18.4 Å². The molecular weight excluding hydrogens is 416 g/mol. The molecule has 30 heavy (non-hydrogen) atoms. The number of fused-ring (bicyclic) bond motifs is 1. The molecular formula is C19H22F3N6OP. The number of alkyl halides is 3. The topological polar surface area (TPSA) is 95.6 Å². The Bertz CT molecular complexity index is 1120. The first-order valence-electron chi connectivity index (χ1n) is 9.58. The number of nitrogens with one attached hydrogen (secondary N) is 3. The van der Waals surface area contributed by atoms with Gasteiger partial charge in [-0.15, -0.1) is 0 Å². The fourth-order valence-corrected chi connectivity index (χ4v) is 4.29. The second-order valence-corrected chi connectivity index (χ2v) is 10.9. The quantitative estimate of drug-likeness (QED) is 0.540. The molecule has 1 saturated heterocycles. The lowest BCUT2D eigenvalue weighted by Gasteiger charge is -2.24. The summed E-state index contributed by atoms with van der Waals surface area (Å²) in [5.74, 6) is 0.150. The van der Waals surface area contributed by atoms with Crippen molar-refractivity contribution < 1.29 is 17.7 Å². The van der Waals surface area contributed by atoms with E-state index in [4.69, 9.17) is 0 Å². The third-order valence-corrected chi connectivity index (χ3v) is 6.41. The SMILES string of the molecule is CP(C)(=O)c1ccc2c(-c3nc(NC4CCCNC4)ncc3C(F)(F)F)c[nH]c2n1. The highest BCUT2D eigenvalue weighted by molar-refractivity contribution is 7.69. The monoisotopic (exact) mass is 438 g/mol. The summed E-state index contributed by atoms with van der Waals surface area (Å²) in [7, 11) is -2.60. The smallest absolute Gasteiger partial charge is 0.350 e. The van der Waals surface area contributed by atoms with Gasteiger partial charge in [-0.1, -0.05) is 0 Å². The maximum atomic E-state index is 13.7. The summed E-state index contributed by atoms with van der Waals surface area (Å²) in [6, 6.07) is 3.27. The molecule has 3 aromatic heterocycles. The zero-order valence-corrected chi connectivity index (χ0v) is 17.4. The van der Waals surface area contributed by atoms with Crippen LogP contribution in [-0.4, -0.2) is 52.4 Å². The second-order valence-electron chi connectivity index (χ2n) is 7.76. The van der Waals surface area contributed by atoms with Crippen molar-refractivity contribution >= 4 is 29.6 Å². The zero-order chi connectivity index (χ0) is 21.5. The van der Waals surface area contributed by atoms with Crippen molar-refractivity contribution in [2.75, 3.05) is 31.7 Å². The minimum atomic E-state index is -4.61. The minimum absolute atomic E-state index is 0.0544. The standard InChI is InChI=1S/C19H22F3N6OP/c1-30(2,29)15-6-5-12-13(9-24-17(12)27-15)16-14(19(20,21)22)10-25-18(28-16)26-11-4-3-7-23-8-11/h5-6,9-11,23H,3-4,7-8H2,1-2H3,(H,24,27)(H,25,26,28). The first kappa shape index (κ1) is 20.8. The van der Waals surface area contributed by atoms with E-state index in [0.29, 0.717) is 23.0 Å². The lowest BCUT2D eigenvalue weighted by molar-refractivity contribution is -0.137. The Morgan fingerprint density at radius 1 is 1.23 bits per heavy atom. The number of hydrogen-bond acceptors (Lipinski definition) is 6. The van der Waals surface area contributed by atoms with Crippen LogP contribution in [0.4, 0.5) is 19.1 Å². The van der Waals surface area contributed by atoms with E-state index in [1.54, 1.807) is 25.5 Å². The van der Waals surface area contributed by atoms with Crippen molar-refractivity contribution in [2.45, 2.75) is 25.1 Å². The van der Waals surface area contributed by atoms with Crippen LogP contribution in [0.2, 0.25) is 0 Å². The fourth-order valence-electron chi connectivity index (χ4n) is 3.51. The molecule has 160 valence electrons. The molecule has 0 saturated carbocycles. The van der Waals surface area contributed by atoms with E-state index in [1.807, 2.05) is 0 Å². The zero-order valence-electron chi connectivity index (χ0n) is 16.5. The van der Waals surface area contributed by atoms with Crippen LogP contribution in [0.3, 0.4) is 0 Å². The Balaban J connectivity index is 1.79. The maximum Gasteiger partial charge on any atom is 0.419 e. The number of rotatable bonds is 4. The molecule has 0 spiro atoms. The van der Waals surface area contributed by atoms with E-state index >= 15 is 0 Å². The molecule has 0 radical (unpaired) electrons. The van der Waals surface area contributed by atoms with Crippen molar-refractivity contribution in [3.63, 3.8) is 0 Å². The predicted octanol–water partition coefficient (Wildman–Crippen LogP) is 3.45. The molecule has 4 heterocycles. The molecule has 1 atom stereocenters. The summed E-state index contributed by atoms with van der Waals surface area (Å²) in [6.07, 6.45) is -0.490. The highest BCUT2D eigenvalue weighted by Crippen LogP contribution is 2.39. The van der Waals surface area contributed by atoms with Gasteiger partial charge in [-0.2, -0.15) is 13.2 Å². The number of hydrogen-bond donors (Lipinski definition) is 3. The highest BCUT2D eigenvalue weighted by Gasteiger charge is 2.36. The van der Waals surface area contributed by atoms with Gasteiger partial charge >= 0.3 is 6.18 Å². The van der Waals surface area contributed by atoms with Crippen molar-refractivity contribution in [2.24, 2.45) is 0 Å². The lowest BCUT2D eigenvalue weighted by Crippen LogP contribution is -2.38. The number of halogens is 3. The number of aromatic amines is 1. The summed E-state index contributed by atoms with van der Waals surface area (Å²) in [5, 5.41) is 6.84. The lowest BCUT2D eigenvalue weighted by atomic mass is 10.1. The van der Waals surface area contributed by atoms with Gasteiger partial charge in [0.25, 0.3) is 0 Å². The summed E-state index contributed by atoms with van der Waals surface area (Å²) in [5.41, 5.74) is -0.0960. The van der Waals surface area contributed by atoms with E-state index in [-0.39, 0.29) is 23.2 Å². The number of piperidine rings is 1. The highest BCUT2D eigenvalue weighted by atomic mass is 31.2. The van der Waals surface area contributed by atoms with Crippen molar-refractivity contribution in [3.8, 4) is 11.3 Å². The molecule has 0 amide bonds. The number of nitrogens with zero attached hydrogens (tertiary/aromatic N) is 3. The molecule has 7 nitrogen and oxygen atoms in total. The Labute approximate surface area is 171 Å². The first-order valence-corrected chi connectivity index (χ1v) is 12.2. The third-order valence-electron chi connectivity index (χ3n) is 5.06. The van der Waals surface area contributed by atoms with E-state index in [2.05, 4.69) is 30.6 Å². The van der Waals surface area contributed by atoms with E-state index < -0.39 is 18.9 Å². The Morgan fingerprint density at radius 3 is 2.70 bits per heavy atom. The van der Waals surface area contributed by atoms with E-state index in [9.17, 15) is 17.7 Å². The van der Waals surface area contributed by atoms with Crippen LogP contribution in [-0.2, 0) is 10.7 Å². The molecule has 0 bridgehead atoms. The minimum Gasteiger partial charge on any atom is -0.350 e. The van der Waals surface area contributed by atoms with Gasteiger partial charge in [-0.3, -0.25) is 0 Å². The number of H-pyrrole nitrogens is 1. The van der Waals surface area contributed by atoms with Gasteiger partial charge in [0, 0.05) is 35.9 Å². The molecule has 1 fully saturated rings. The largest absolute Gasteiger partial charge is 0.419 e. The Morgan fingerprint density at radius 2 is 2.03 bits per heavy atom. The molecule has 3 N–H and O–H groups in total. The van der Waals surface area contributed by atoms with Crippen LogP contribution < -0.4 is 16.1 Å². The summed E-state index contributed by atoms with van der Waals surface area (Å²) in [4.78, 5) is 15.3. The van der Waals surface area contributed by atoms with Gasteiger partial charge in [0.2, 0.25) is 5.95 Å². The number of aromatic nitrogens is 4. The van der Waals surface area contributed by atoms with Crippen LogP contribution in [0, 0.1) is 0 Å². The first-order chi connectivity index (χ1) is 14.1. The molecule has 1 unspecified atom stereocenters. The summed E-state index contributed by atoms with van der Waals surface area (Å²) >= 11 is 0. The van der Waals surface area contributed by atoms with E-state index in [0.717, 1.165) is 25.6 Å². The summed E-state index contributed by atoms with van der Waals surface area (Å²) < 4.78 is 53.3. The van der Waals surface area contributed by atoms with Crippen molar-refractivity contribution in [3.05, 3.63) is 30.1 Å². The van der Waals surface area contributed by atoms with Gasteiger partial charge in [0.05, 0.1) is 5.69 Å². The van der Waals surface area contributed by atoms with Gasteiger partial charge in [-0.05, 0) is 44.8 Å². The van der Waals surface area contributed by atoms with Gasteiger partial charge in [-0.25, -0.2) is 15.0 Å². The normalized spacial score (nSPS) is 18.0. The van der Waals surface area contributed by atoms with Crippen LogP contribution in [0.25, 0.3) is 22.3 Å². The molecule has 0 aliphatic carbocycles. The van der Waals surface area contributed by atoms with Crippen LogP contribution in [0.15, 0.2) is 24.5 Å². The molecule has 1 aliphatic rings. The second kappa shape index (κ2) is 7.67. The summed E-state index contributed by atoms with van der Waals surface area (Å²) in [6.45, 7) is 4.81. The number of anilines is 1. The van der Waals surface area contributed by atoms with Crippen LogP contribution >= 0.6 is 7.14 Å². The molecule has 11 heteroatoms. The molecule has 4 rings (SSSR count). The predicted molar refractivity (Wildman–Crippen MR) is 111 cm³/mol. The fraction of sp³-hybridized carbons (Fsp3) is 0.421. The average molecular weight is 438 g/mol.